The first-order valence-corrected chi connectivity index (χ1v) is 13.4. The van der Waals surface area contributed by atoms with Crippen LogP contribution in [0, 0.1) is 17.8 Å². The van der Waals surface area contributed by atoms with Crippen molar-refractivity contribution in [1.82, 2.24) is 29.2 Å². The van der Waals surface area contributed by atoms with Crippen molar-refractivity contribution in [2.24, 2.45) is 5.92 Å². The van der Waals surface area contributed by atoms with Crippen molar-refractivity contribution in [3.8, 4) is 23.4 Å². The number of fused-ring (bicyclic) bond motifs is 1. The number of hydrogen-bond donors (Lipinski definition) is 2. The first kappa shape index (κ1) is 24.3. The zero-order chi connectivity index (χ0) is 31.6. The van der Waals surface area contributed by atoms with Gasteiger partial charge in [0, 0.05) is 21.8 Å². The van der Waals surface area contributed by atoms with Gasteiger partial charge in [-0.2, -0.15) is 4.98 Å². The van der Waals surface area contributed by atoms with Crippen molar-refractivity contribution < 1.29 is 14.0 Å². The second kappa shape index (κ2) is 11.6. The van der Waals surface area contributed by atoms with Gasteiger partial charge in [-0.1, -0.05) is 24.0 Å². The van der Waals surface area contributed by atoms with Crippen LogP contribution in [0.15, 0.2) is 60.0 Å². The number of likely N-dealkylation sites (tertiary alicyclic amines) is 1. The molecule has 5 rings (SSSR count). The Kier molecular flexibility index (Phi) is 6.87. The number of aliphatic hydroxyl groups is 1. The number of aromatic nitrogens is 5. The molecule has 0 aliphatic carbocycles. The van der Waals surface area contributed by atoms with Crippen molar-refractivity contribution >= 4 is 22.7 Å². The lowest BCUT2D eigenvalue weighted by Crippen LogP contribution is -2.29. The van der Waals surface area contributed by atoms with Crippen LogP contribution < -0.4 is 15.6 Å². The molecule has 1 aliphatic heterocycles. The van der Waals surface area contributed by atoms with Crippen LogP contribution in [0.3, 0.4) is 0 Å². The van der Waals surface area contributed by atoms with Gasteiger partial charge in [-0.3, -0.25) is 4.79 Å². The molecule has 0 amide bonds. The first-order chi connectivity index (χ1) is 20.9. The molecular weight excluding hydrogens is 518 g/mol. The molecule has 3 aromatic heterocycles. The van der Waals surface area contributed by atoms with Gasteiger partial charge in [-0.15, -0.1) is 6.58 Å². The molecule has 1 aromatic carbocycles. The molecule has 41 heavy (non-hydrogen) atoms. The number of hydrogen-bond acceptors (Lipinski definition) is 8. The summed E-state index contributed by atoms with van der Waals surface area (Å²) in [4.78, 5) is 28.5. The topological polar surface area (TPSA) is 110 Å². The van der Waals surface area contributed by atoms with Crippen LogP contribution in [0.2, 0.25) is 0 Å². The fourth-order valence-electron chi connectivity index (χ4n) is 4.69. The van der Waals surface area contributed by atoms with Crippen molar-refractivity contribution in [2.45, 2.75) is 38.8 Å². The van der Waals surface area contributed by atoms with Gasteiger partial charge in [-0.25, -0.2) is 19.3 Å². The molecule has 2 N–H and O–H groups in total. The molecule has 10 nitrogen and oxygen atoms in total. The average molecular weight is 557 g/mol. The molecule has 0 spiro atoms. The van der Waals surface area contributed by atoms with Crippen molar-refractivity contribution in [2.75, 3.05) is 32.5 Å². The Morgan fingerprint density at radius 2 is 2.07 bits per heavy atom. The Balaban J connectivity index is 1.44. The monoisotopic (exact) mass is 556 g/mol. The lowest BCUT2D eigenvalue weighted by molar-refractivity contribution is 0.0738. The molecule has 1 fully saturated rings. The zero-order valence-electron chi connectivity index (χ0n) is 26.4. The molecule has 0 atom stereocenters. The maximum Gasteiger partial charge on any atom is 0.278 e. The van der Waals surface area contributed by atoms with Gasteiger partial charge in [0.05, 0.1) is 25.0 Å². The van der Waals surface area contributed by atoms with Crippen LogP contribution in [-0.2, 0) is 12.1 Å². The summed E-state index contributed by atoms with van der Waals surface area (Å²) in [6.45, 7) is 6.21. The summed E-state index contributed by atoms with van der Waals surface area (Å²) in [5, 5.41) is 14.0. The molecule has 0 radical (unpaired) electrons. The largest absolute Gasteiger partial charge is 0.495 e. The molecule has 0 bridgehead atoms. The Labute approximate surface area is 243 Å². The maximum atomic E-state index is 13.3. The van der Waals surface area contributed by atoms with E-state index in [4.69, 9.17) is 8.85 Å². The SMILES string of the molecule is [2H]C([2H])([2H])N1CCC(C#Cc2ccc(Nc3ncc4c(=O)n(CC=C)n(-c5cccc(C(C)(C)O)n5)c4n3)c(OC)c2)CC1. The summed E-state index contributed by atoms with van der Waals surface area (Å²) < 4.78 is 31.4. The minimum Gasteiger partial charge on any atom is -0.495 e. The molecular formula is C31H35N7O3. The summed E-state index contributed by atoms with van der Waals surface area (Å²) in [6, 6.07) is 10.7. The minimum absolute atomic E-state index is 0.127. The van der Waals surface area contributed by atoms with Gasteiger partial charge in [0.15, 0.2) is 11.5 Å². The van der Waals surface area contributed by atoms with Crippen molar-refractivity contribution in [3.63, 3.8) is 0 Å². The predicted octanol–water partition coefficient (Wildman–Crippen LogP) is 3.84. The quantitative estimate of drug-likeness (QED) is 0.261. The van der Waals surface area contributed by atoms with Crippen LogP contribution in [0.1, 0.15) is 42.1 Å². The number of rotatable bonds is 7. The summed E-state index contributed by atoms with van der Waals surface area (Å²) in [6.07, 6.45) is 4.49. The third-order valence-electron chi connectivity index (χ3n) is 6.92. The lowest BCUT2D eigenvalue weighted by atomic mass is 9.97. The molecule has 4 aromatic rings. The van der Waals surface area contributed by atoms with Crippen LogP contribution in [0.4, 0.5) is 11.6 Å². The molecule has 212 valence electrons. The Morgan fingerprint density at radius 1 is 1.27 bits per heavy atom. The Morgan fingerprint density at radius 3 is 2.78 bits per heavy atom. The number of nitrogens with zero attached hydrogens (tertiary/aromatic N) is 6. The molecule has 10 heteroatoms. The highest BCUT2D eigenvalue weighted by atomic mass is 16.5. The summed E-state index contributed by atoms with van der Waals surface area (Å²) >= 11 is 0. The van der Waals surface area contributed by atoms with Crippen molar-refractivity contribution in [1.29, 1.82) is 0 Å². The highest BCUT2D eigenvalue weighted by Gasteiger charge is 2.22. The van der Waals surface area contributed by atoms with E-state index in [1.54, 1.807) is 49.9 Å². The van der Waals surface area contributed by atoms with E-state index in [1.807, 2.05) is 18.2 Å². The maximum absolute atomic E-state index is 13.3. The smallest absolute Gasteiger partial charge is 0.278 e. The normalized spacial score (nSPS) is 15.9. The van der Waals surface area contributed by atoms with Crippen LogP contribution in [0.5, 0.6) is 5.75 Å². The number of allylic oxidation sites excluding steroid dienone is 1. The van der Waals surface area contributed by atoms with E-state index in [-0.39, 0.29) is 24.0 Å². The van der Waals surface area contributed by atoms with Crippen LogP contribution in [0.25, 0.3) is 16.9 Å². The summed E-state index contributed by atoms with van der Waals surface area (Å²) in [5.74, 6) is 7.78. The highest BCUT2D eigenvalue weighted by molar-refractivity contribution is 5.77. The molecule has 0 saturated carbocycles. The van der Waals surface area contributed by atoms with E-state index in [0.717, 1.165) is 5.56 Å². The number of benzene rings is 1. The summed E-state index contributed by atoms with van der Waals surface area (Å²) in [7, 11) is 1.56. The van der Waals surface area contributed by atoms with E-state index in [0.29, 0.717) is 59.9 Å². The van der Waals surface area contributed by atoms with E-state index < -0.39 is 12.6 Å². The van der Waals surface area contributed by atoms with Gasteiger partial charge in [-0.05, 0) is 77.1 Å². The highest BCUT2D eigenvalue weighted by Crippen LogP contribution is 2.28. The second-order valence-corrected chi connectivity index (χ2v) is 10.4. The average Bonchev–Trinajstić information content (AvgIpc) is 3.26. The standard InChI is InChI=1S/C31H35N7O3/c1-6-16-37-29(39)23-20-32-30(35-28(23)38(37)27-9-7-8-26(34-27)31(2,3)40)33-24-13-12-22(19-25(24)41-5)11-10-21-14-17-36(4)18-15-21/h6-9,12-13,19-21,40H,1,14-18H2,2-5H3,(H,32,33,35)/i4D3. The van der Waals surface area contributed by atoms with Crippen LogP contribution >= 0.6 is 0 Å². The molecule has 0 unspecified atom stereocenters. The third-order valence-corrected chi connectivity index (χ3v) is 6.92. The number of piperidine rings is 1. The second-order valence-electron chi connectivity index (χ2n) is 10.4. The Bertz CT molecular complexity index is 1800. The van der Waals surface area contributed by atoms with Crippen molar-refractivity contribution in [3.05, 3.63) is 76.9 Å². The molecule has 1 saturated heterocycles. The molecule has 1 aliphatic rings. The lowest BCUT2D eigenvalue weighted by Gasteiger charge is -2.25. The first-order valence-electron chi connectivity index (χ1n) is 14.9. The third kappa shape index (κ3) is 6.01. The Hall–Kier alpha value is -4.46. The summed E-state index contributed by atoms with van der Waals surface area (Å²) in [5.41, 5.74) is 0.650. The number of pyridine rings is 1. The molecule has 4 heterocycles. The number of nitrogens with one attached hydrogen (secondary N) is 1. The fraction of sp³-hybridized carbons (Fsp3) is 0.355. The number of methoxy groups -OCH3 is 1. The predicted molar refractivity (Wildman–Crippen MR) is 160 cm³/mol. The van der Waals surface area contributed by atoms with Crippen LogP contribution in [-0.4, -0.2) is 61.5 Å². The zero-order valence-corrected chi connectivity index (χ0v) is 23.4. The van der Waals surface area contributed by atoms with E-state index in [1.165, 1.54) is 15.8 Å². The van der Waals surface area contributed by atoms with Gasteiger partial charge in [0.2, 0.25) is 5.95 Å². The number of ether oxygens (including phenoxy) is 1. The van der Waals surface area contributed by atoms with E-state index in [2.05, 4.69) is 38.7 Å². The number of anilines is 2. The van der Waals surface area contributed by atoms with E-state index >= 15 is 0 Å². The van der Waals surface area contributed by atoms with Gasteiger partial charge in [0.1, 0.15) is 16.7 Å². The van der Waals surface area contributed by atoms with Gasteiger partial charge < -0.3 is 20.1 Å². The van der Waals surface area contributed by atoms with E-state index in [9.17, 15) is 9.90 Å². The fourth-order valence-corrected chi connectivity index (χ4v) is 4.69. The van der Waals surface area contributed by atoms with Gasteiger partial charge in [0.25, 0.3) is 5.56 Å². The van der Waals surface area contributed by atoms with Gasteiger partial charge >= 0.3 is 0 Å². The minimum atomic E-state index is -2.06.